The summed E-state index contributed by atoms with van der Waals surface area (Å²) >= 11 is 2.04. The third-order valence-electron chi connectivity index (χ3n) is 4.09. The van der Waals surface area contributed by atoms with E-state index in [0.29, 0.717) is 6.04 Å². The Bertz CT molecular complexity index is 344. The Hall–Kier alpha value is -0.470. The monoisotopic (exact) mass is 277 g/mol. The summed E-state index contributed by atoms with van der Waals surface area (Å²) < 4.78 is 0. The molecule has 1 saturated carbocycles. The van der Waals surface area contributed by atoms with E-state index in [4.69, 9.17) is 0 Å². The fraction of sp³-hybridized carbons (Fsp3) is 0.647. The Labute approximate surface area is 122 Å². The molecule has 0 bridgehead atoms. The normalized spacial score (nSPS) is 25.2. The summed E-state index contributed by atoms with van der Waals surface area (Å²) in [4.78, 5) is 0. The summed E-state index contributed by atoms with van der Waals surface area (Å²) in [7, 11) is 0. The van der Waals surface area contributed by atoms with Crippen molar-refractivity contribution in [3.8, 4) is 0 Å². The minimum atomic E-state index is 0.656. The summed E-state index contributed by atoms with van der Waals surface area (Å²) in [5.41, 5.74) is 1.54. The molecule has 0 aromatic heterocycles. The van der Waals surface area contributed by atoms with Crippen LogP contribution in [0.5, 0.6) is 0 Å². The van der Waals surface area contributed by atoms with Gasteiger partial charge in [-0.25, -0.2) is 0 Å². The van der Waals surface area contributed by atoms with Crippen molar-refractivity contribution in [3.05, 3.63) is 35.9 Å². The van der Waals surface area contributed by atoms with E-state index < -0.39 is 0 Å². The summed E-state index contributed by atoms with van der Waals surface area (Å²) in [6, 6.07) is 12.4. The van der Waals surface area contributed by atoms with Gasteiger partial charge in [-0.1, -0.05) is 37.3 Å². The maximum absolute atomic E-state index is 3.80. The second kappa shape index (κ2) is 7.96. The fourth-order valence-corrected chi connectivity index (χ4v) is 3.75. The number of nitrogens with one attached hydrogen (secondary N) is 1. The van der Waals surface area contributed by atoms with Gasteiger partial charge in [0.25, 0.3) is 0 Å². The molecule has 0 aliphatic heterocycles. The molecule has 1 unspecified atom stereocenters. The molecule has 19 heavy (non-hydrogen) atoms. The van der Waals surface area contributed by atoms with Gasteiger partial charge in [-0.15, -0.1) is 0 Å². The minimum absolute atomic E-state index is 0.656. The highest BCUT2D eigenvalue weighted by Gasteiger charge is 2.22. The lowest BCUT2D eigenvalue weighted by molar-refractivity contribution is 0.327. The van der Waals surface area contributed by atoms with Crippen molar-refractivity contribution in [2.45, 2.75) is 57.5 Å². The molecule has 2 rings (SSSR count). The van der Waals surface area contributed by atoms with Crippen molar-refractivity contribution in [3.63, 3.8) is 0 Å². The first-order valence-electron chi connectivity index (χ1n) is 7.68. The van der Waals surface area contributed by atoms with Crippen LogP contribution >= 0.6 is 11.8 Å². The van der Waals surface area contributed by atoms with Gasteiger partial charge >= 0.3 is 0 Å². The quantitative estimate of drug-likeness (QED) is 0.825. The van der Waals surface area contributed by atoms with Gasteiger partial charge in [0.05, 0.1) is 0 Å². The zero-order chi connectivity index (χ0) is 13.5. The van der Waals surface area contributed by atoms with Gasteiger partial charge in [-0.3, -0.25) is 0 Å². The van der Waals surface area contributed by atoms with Crippen LogP contribution in [0, 0.1) is 0 Å². The molecule has 1 atom stereocenters. The van der Waals surface area contributed by atoms with E-state index in [-0.39, 0.29) is 0 Å². The van der Waals surface area contributed by atoms with E-state index in [9.17, 15) is 0 Å². The van der Waals surface area contributed by atoms with Crippen molar-refractivity contribution in [2.75, 3.05) is 11.5 Å². The Morgan fingerprint density at radius 3 is 2.47 bits per heavy atom. The number of rotatable bonds is 6. The molecule has 1 fully saturated rings. The third-order valence-corrected chi connectivity index (χ3v) is 5.23. The fourth-order valence-electron chi connectivity index (χ4n) is 3.06. The van der Waals surface area contributed by atoms with Crippen LogP contribution in [0.3, 0.4) is 0 Å². The topological polar surface area (TPSA) is 12.0 Å². The van der Waals surface area contributed by atoms with Gasteiger partial charge in [0.2, 0.25) is 0 Å². The van der Waals surface area contributed by atoms with Crippen LogP contribution in [-0.4, -0.2) is 23.6 Å². The molecule has 0 saturated heterocycles. The number of hydrogen-bond acceptors (Lipinski definition) is 2. The first-order chi connectivity index (χ1) is 9.29. The Balaban J connectivity index is 1.73. The van der Waals surface area contributed by atoms with E-state index in [1.807, 2.05) is 11.8 Å². The molecular formula is C17H27NS. The standard InChI is InChI=1S/C17H27NS/c1-3-19-13-14(2)18-17-11-9-16(10-12-17)15-7-5-4-6-8-15/h4-8,14,16-18H,3,9-13H2,1-2H3. The van der Waals surface area contributed by atoms with E-state index >= 15 is 0 Å². The highest BCUT2D eigenvalue weighted by Crippen LogP contribution is 2.32. The van der Waals surface area contributed by atoms with Crippen LogP contribution in [0.25, 0.3) is 0 Å². The predicted molar refractivity (Wildman–Crippen MR) is 87.0 cm³/mol. The van der Waals surface area contributed by atoms with E-state index in [1.54, 1.807) is 0 Å². The Morgan fingerprint density at radius 2 is 1.84 bits per heavy atom. The van der Waals surface area contributed by atoms with E-state index in [0.717, 1.165) is 12.0 Å². The third kappa shape index (κ3) is 4.85. The van der Waals surface area contributed by atoms with Crippen LogP contribution in [0.1, 0.15) is 51.0 Å². The molecule has 2 heteroatoms. The highest BCUT2D eigenvalue weighted by molar-refractivity contribution is 7.99. The smallest absolute Gasteiger partial charge is 0.0132 e. The van der Waals surface area contributed by atoms with Crippen molar-refractivity contribution < 1.29 is 0 Å². The number of thioether (sulfide) groups is 1. The number of hydrogen-bond donors (Lipinski definition) is 1. The molecule has 0 amide bonds. The summed E-state index contributed by atoms with van der Waals surface area (Å²) in [6.45, 7) is 4.56. The molecule has 106 valence electrons. The van der Waals surface area contributed by atoms with Gasteiger partial charge in [-0.05, 0) is 49.8 Å². The molecule has 0 radical (unpaired) electrons. The molecule has 1 N–H and O–H groups in total. The van der Waals surface area contributed by atoms with Crippen LogP contribution in [-0.2, 0) is 0 Å². The number of benzene rings is 1. The molecule has 1 aliphatic rings. The van der Waals surface area contributed by atoms with Crippen molar-refractivity contribution in [1.82, 2.24) is 5.32 Å². The van der Waals surface area contributed by atoms with Gasteiger partial charge in [0.1, 0.15) is 0 Å². The molecule has 0 heterocycles. The van der Waals surface area contributed by atoms with Crippen molar-refractivity contribution in [1.29, 1.82) is 0 Å². The molecule has 1 aliphatic carbocycles. The van der Waals surface area contributed by atoms with E-state index in [2.05, 4.69) is 49.5 Å². The maximum atomic E-state index is 3.80. The lowest BCUT2D eigenvalue weighted by Gasteiger charge is -2.31. The zero-order valence-electron chi connectivity index (χ0n) is 12.3. The zero-order valence-corrected chi connectivity index (χ0v) is 13.1. The minimum Gasteiger partial charge on any atom is -0.311 e. The van der Waals surface area contributed by atoms with Gasteiger partial charge < -0.3 is 5.32 Å². The van der Waals surface area contributed by atoms with Crippen LogP contribution < -0.4 is 5.32 Å². The van der Waals surface area contributed by atoms with Gasteiger partial charge in [0, 0.05) is 17.8 Å². The highest BCUT2D eigenvalue weighted by atomic mass is 32.2. The molecule has 1 aromatic rings. The van der Waals surface area contributed by atoms with Crippen LogP contribution in [0.15, 0.2) is 30.3 Å². The largest absolute Gasteiger partial charge is 0.311 e. The lowest BCUT2D eigenvalue weighted by atomic mass is 9.81. The summed E-state index contributed by atoms with van der Waals surface area (Å²) in [5.74, 6) is 3.27. The van der Waals surface area contributed by atoms with Crippen LogP contribution in [0.4, 0.5) is 0 Å². The van der Waals surface area contributed by atoms with Crippen molar-refractivity contribution in [2.24, 2.45) is 0 Å². The first-order valence-corrected chi connectivity index (χ1v) is 8.83. The average Bonchev–Trinajstić information content (AvgIpc) is 2.47. The van der Waals surface area contributed by atoms with Gasteiger partial charge in [0.15, 0.2) is 0 Å². The molecular weight excluding hydrogens is 250 g/mol. The maximum Gasteiger partial charge on any atom is 0.0132 e. The van der Waals surface area contributed by atoms with Crippen molar-refractivity contribution >= 4 is 11.8 Å². The summed E-state index contributed by atoms with van der Waals surface area (Å²) in [5, 5.41) is 3.80. The second-order valence-corrected chi connectivity index (χ2v) is 7.01. The Kier molecular flexibility index (Phi) is 6.25. The Morgan fingerprint density at radius 1 is 1.16 bits per heavy atom. The lowest BCUT2D eigenvalue weighted by Crippen LogP contribution is -2.40. The van der Waals surface area contributed by atoms with Gasteiger partial charge in [-0.2, -0.15) is 11.8 Å². The molecule has 0 spiro atoms. The first kappa shape index (κ1) is 14.9. The predicted octanol–water partition coefficient (Wildman–Crippen LogP) is 4.44. The second-order valence-electron chi connectivity index (χ2n) is 5.69. The molecule has 1 aromatic carbocycles. The van der Waals surface area contributed by atoms with Crippen LogP contribution in [0.2, 0.25) is 0 Å². The van der Waals surface area contributed by atoms with E-state index in [1.165, 1.54) is 42.8 Å². The SMILES string of the molecule is CCSCC(C)NC1CCC(c2ccccc2)CC1. The average molecular weight is 277 g/mol. The molecule has 1 nitrogen and oxygen atoms in total. The summed E-state index contributed by atoms with van der Waals surface area (Å²) in [6.07, 6.45) is 5.35.